The first-order chi connectivity index (χ1) is 7.68. The van der Waals surface area contributed by atoms with Gasteiger partial charge in [-0.3, -0.25) is 0 Å². The molecule has 86 valence electrons. The highest BCUT2D eigenvalue weighted by Crippen LogP contribution is 2.25. The molecule has 0 atom stereocenters. The largest absolute Gasteiger partial charge is 0.384 e. The first-order valence-corrected chi connectivity index (χ1v) is 5.83. The SMILES string of the molecule is CC.CC(C)c1cc(N)nc2ccccc12. The van der Waals surface area contributed by atoms with Gasteiger partial charge < -0.3 is 5.73 Å². The van der Waals surface area contributed by atoms with Crippen molar-refractivity contribution in [2.75, 3.05) is 5.73 Å². The van der Waals surface area contributed by atoms with Gasteiger partial charge in [0.15, 0.2) is 0 Å². The number of hydrogen-bond donors (Lipinski definition) is 1. The summed E-state index contributed by atoms with van der Waals surface area (Å²) in [4.78, 5) is 4.30. The maximum absolute atomic E-state index is 5.75. The monoisotopic (exact) mass is 216 g/mol. The second kappa shape index (κ2) is 5.50. The molecule has 0 saturated carbocycles. The van der Waals surface area contributed by atoms with Crippen LogP contribution in [0, 0.1) is 0 Å². The summed E-state index contributed by atoms with van der Waals surface area (Å²) in [6, 6.07) is 10.1. The second-order valence-corrected chi connectivity index (χ2v) is 3.81. The van der Waals surface area contributed by atoms with Crippen molar-refractivity contribution >= 4 is 16.7 Å². The van der Waals surface area contributed by atoms with E-state index in [0.717, 1.165) is 5.52 Å². The van der Waals surface area contributed by atoms with E-state index in [1.165, 1.54) is 10.9 Å². The maximum atomic E-state index is 5.75. The van der Waals surface area contributed by atoms with Crippen LogP contribution < -0.4 is 5.73 Å². The van der Waals surface area contributed by atoms with Crippen LogP contribution in [0.2, 0.25) is 0 Å². The molecular formula is C14H20N2. The quantitative estimate of drug-likeness (QED) is 0.783. The van der Waals surface area contributed by atoms with Gasteiger partial charge in [-0.15, -0.1) is 0 Å². The van der Waals surface area contributed by atoms with Crippen molar-refractivity contribution in [3.8, 4) is 0 Å². The smallest absolute Gasteiger partial charge is 0.124 e. The fourth-order valence-corrected chi connectivity index (χ4v) is 1.70. The molecule has 0 spiro atoms. The summed E-state index contributed by atoms with van der Waals surface area (Å²) in [6.45, 7) is 8.34. The molecule has 1 heterocycles. The van der Waals surface area contributed by atoms with Crippen molar-refractivity contribution in [1.82, 2.24) is 4.98 Å². The highest BCUT2D eigenvalue weighted by Gasteiger charge is 2.06. The summed E-state index contributed by atoms with van der Waals surface area (Å²) < 4.78 is 0. The average Bonchev–Trinajstić information content (AvgIpc) is 2.30. The molecule has 16 heavy (non-hydrogen) atoms. The van der Waals surface area contributed by atoms with Crippen LogP contribution in [0.3, 0.4) is 0 Å². The molecule has 2 N–H and O–H groups in total. The number of aromatic nitrogens is 1. The molecule has 2 heteroatoms. The molecule has 0 amide bonds. The number of fused-ring (bicyclic) bond motifs is 1. The summed E-state index contributed by atoms with van der Waals surface area (Å²) in [6.07, 6.45) is 0. The molecular weight excluding hydrogens is 196 g/mol. The predicted molar refractivity (Wildman–Crippen MR) is 71.6 cm³/mol. The molecule has 0 aliphatic carbocycles. The first-order valence-electron chi connectivity index (χ1n) is 5.83. The van der Waals surface area contributed by atoms with Crippen LogP contribution in [0.1, 0.15) is 39.2 Å². The van der Waals surface area contributed by atoms with Crippen LogP contribution in [0.25, 0.3) is 10.9 Å². The molecule has 0 aliphatic rings. The highest BCUT2D eigenvalue weighted by molar-refractivity contribution is 5.84. The van der Waals surface area contributed by atoms with E-state index >= 15 is 0 Å². The van der Waals surface area contributed by atoms with Crippen molar-refractivity contribution in [1.29, 1.82) is 0 Å². The third-order valence-electron chi connectivity index (χ3n) is 2.39. The minimum absolute atomic E-state index is 0.477. The molecule has 2 nitrogen and oxygen atoms in total. The lowest BCUT2D eigenvalue weighted by atomic mass is 9.99. The Morgan fingerprint density at radius 1 is 1.12 bits per heavy atom. The normalized spacial score (nSPS) is 10.1. The van der Waals surface area contributed by atoms with Crippen molar-refractivity contribution in [2.45, 2.75) is 33.6 Å². The summed E-state index contributed by atoms with van der Waals surface area (Å²) in [7, 11) is 0. The number of para-hydroxylation sites is 1. The third kappa shape index (κ3) is 2.51. The third-order valence-corrected chi connectivity index (χ3v) is 2.39. The van der Waals surface area contributed by atoms with Crippen molar-refractivity contribution < 1.29 is 0 Å². The lowest BCUT2D eigenvalue weighted by molar-refractivity contribution is 0.875. The van der Waals surface area contributed by atoms with Gasteiger partial charge in [-0.2, -0.15) is 0 Å². The Balaban J connectivity index is 0.000000606. The Kier molecular flexibility index (Phi) is 4.29. The second-order valence-electron chi connectivity index (χ2n) is 3.81. The van der Waals surface area contributed by atoms with E-state index in [4.69, 9.17) is 5.73 Å². The number of nitrogen functional groups attached to an aromatic ring is 1. The molecule has 0 bridgehead atoms. The van der Waals surface area contributed by atoms with Crippen LogP contribution in [0.4, 0.5) is 5.82 Å². The van der Waals surface area contributed by atoms with Crippen LogP contribution in [-0.2, 0) is 0 Å². The van der Waals surface area contributed by atoms with Gasteiger partial charge in [-0.05, 0) is 23.6 Å². The molecule has 0 radical (unpaired) electrons. The van der Waals surface area contributed by atoms with E-state index in [2.05, 4.69) is 24.9 Å². The van der Waals surface area contributed by atoms with Gasteiger partial charge in [0.25, 0.3) is 0 Å². The molecule has 2 rings (SSSR count). The van der Waals surface area contributed by atoms with Crippen LogP contribution in [0.15, 0.2) is 30.3 Å². The molecule has 0 unspecified atom stereocenters. The molecule has 0 fully saturated rings. The van der Waals surface area contributed by atoms with Crippen molar-refractivity contribution in [2.24, 2.45) is 0 Å². The maximum Gasteiger partial charge on any atom is 0.124 e. The molecule has 0 saturated heterocycles. The molecule has 1 aromatic carbocycles. The zero-order chi connectivity index (χ0) is 12.1. The number of pyridine rings is 1. The zero-order valence-corrected chi connectivity index (χ0v) is 10.5. The van der Waals surface area contributed by atoms with Gasteiger partial charge >= 0.3 is 0 Å². The summed E-state index contributed by atoms with van der Waals surface area (Å²) in [5, 5.41) is 1.21. The summed E-state index contributed by atoms with van der Waals surface area (Å²) in [5.41, 5.74) is 8.01. The highest BCUT2D eigenvalue weighted by atomic mass is 14.8. The van der Waals surface area contributed by atoms with Crippen molar-refractivity contribution in [3.63, 3.8) is 0 Å². The minimum Gasteiger partial charge on any atom is -0.384 e. The molecule has 1 aromatic heterocycles. The Morgan fingerprint density at radius 2 is 1.75 bits per heavy atom. The molecule has 0 aliphatic heterocycles. The number of nitrogens with zero attached hydrogens (tertiary/aromatic N) is 1. The van der Waals surface area contributed by atoms with E-state index in [1.54, 1.807) is 0 Å². The lowest BCUT2D eigenvalue weighted by Gasteiger charge is -2.10. The average molecular weight is 216 g/mol. The number of rotatable bonds is 1. The Hall–Kier alpha value is -1.57. The lowest BCUT2D eigenvalue weighted by Crippen LogP contribution is -1.96. The van der Waals surface area contributed by atoms with Crippen LogP contribution in [0.5, 0.6) is 0 Å². The van der Waals surface area contributed by atoms with E-state index in [9.17, 15) is 0 Å². The standard InChI is InChI=1S/C12H14N2.C2H6/c1-8(2)10-7-12(13)14-11-6-4-3-5-9(10)11;1-2/h3-8H,1-2H3,(H2,13,14);1-2H3. The number of benzene rings is 1. The fraction of sp³-hybridized carbons (Fsp3) is 0.357. The summed E-state index contributed by atoms with van der Waals surface area (Å²) >= 11 is 0. The Labute approximate surface area is 97.5 Å². The fourth-order valence-electron chi connectivity index (χ4n) is 1.70. The van der Waals surface area contributed by atoms with Crippen LogP contribution >= 0.6 is 0 Å². The van der Waals surface area contributed by atoms with E-state index in [1.807, 2.05) is 38.1 Å². The first kappa shape index (κ1) is 12.5. The topological polar surface area (TPSA) is 38.9 Å². The minimum atomic E-state index is 0.477. The van der Waals surface area contributed by atoms with Gasteiger partial charge in [0.1, 0.15) is 5.82 Å². The number of anilines is 1. The van der Waals surface area contributed by atoms with E-state index in [-0.39, 0.29) is 0 Å². The Morgan fingerprint density at radius 3 is 2.38 bits per heavy atom. The summed E-state index contributed by atoms with van der Waals surface area (Å²) in [5.74, 6) is 1.08. The van der Waals surface area contributed by atoms with Gasteiger partial charge in [0.2, 0.25) is 0 Å². The van der Waals surface area contributed by atoms with Gasteiger partial charge in [0.05, 0.1) is 5.52 Å². The zero-order valence-electron chi connectivity index (χ0n) is 10.5. The van der Waals surface area contributed by atoms with Crippen molar-refractivity contribution in [3.05, 3.63) is 35.9 Å². The van der Waals surface area contributed by atoms with Gasteiger partial charge in [-0.1, -0.05) is 45.9 Å². The van der Waals surface area contributed by atoms with E-state index in [0.29, 0.717) is 11.7 Å². The number of hydrogen-bond acceptors (Lipinski definition) is 2. The van der Waals surface area contributed by atoms with Gasteiger partial charge in [-0.25, -0.2) is 4.98 Å². The molecule has 2 aromatic rings. The van der Waals surface area contributed by atoms with E-state index < -0.39 is 0 Å². The van der Waals surface area contributed by atoms with Crippen LogP contribution in [-0.4, -0.2) is 4.98 Å². The Bertz CT molecular complexity index is 461. The number of nitrogens with two attached hydrogens (primary N) is 1. The van der Waals surface area contributed by atoms with Gasteiger partial charge in [0, 0.05) is 5.39 Å². The predicted octanol–water partition coefficient (Wildman–Crippen LogP) is 3.97.